The number of rotatable bonds is 4. The molecule has 0 bridgehead atoms. The first-order chi connectivity index (χ1) is 12.8. The predicted octanol–water partition coefficient (Wildman–Crippen LogP) is 3.08. The molecule has 1 fully saturated rings. The summed E-state index contributed by atoms with van der Waals surface area (Å²) in [6, 6.07) is 5.26. The normalized spacial score (nSPS) is 14.5. The van der Waals surface area contributed by atoms with Gasteiger partial charge in [0.05, 0.1) is 17.8 Å². The molecule has 0 saturated heterocycles. The molecule has 3 heterocycles. The second-order valence-corrected chi connectivity index (χ2v) is 6.61. The first-order valence-electron chi connectivity index (χ1n) is 8.48. The van der Waals surface area contributed by atoms with Gasteiger partial charge < -0.3 is 4.57 Å². The molecule has 1 saturated carbocycles. The lowest BCUT2D eigenvalue weighted by molar-refractivity contribution is -0.138. The minimum Gasteiger partial charge on any atom is -0.307 e. The third-order valence-electron chi connectivity index (χ3n) is 4.38. The van der Waals surface area contributed by atoms with Crippen molar-refractivity contribution in [3.63, 3.8) is 0 Å². The number of hydrogen-bond donors (Lipinski definition) is 0. The van der Waals surface area contributed by atoms with Crippen LogP contribution in [0.5, 0.6) is 0 Å². The lowest BCUT2D eigenvalue weighted by atomic mass is 10.2. The molecule has 0 unspecified atom stereocenters. The Hall–Kier alpha value is -2.97. The third-order valence-corrected chi connectivity index (χ3v) is 4.38. The topological polar surface area (TPSA) is 65.6 Å². The molecule has 1 aliphatic rings. The van der Waals surface area contributed by atoms with E-state index < -0.39 is 17.3 Å². The molecule has 6 nitrogen and oxygen atoms in total. The molecule has 0 spiro atoms. The van der Waals surface area contributed by atoms with Crippen molar-refractivity contribution >= 4 is 0 Å². The minimum atomic E-state index is -4.52. The van der Waals surface area contributed by atoms with Gasteiger partial charge in [-0.1, -0.05) is 0 Å². The highest BCUT2D eigenvalue weighted by Gasteiger charge is 2.32. The number of pyridine rings is 2. The predicted molar refractivity (Wildman–Crippen MR) is 90.7 cm³/mol. The SMILES string of the molecule is Cc1cc(-n2nc(C3CC3)nc2Cn2cc(C(F)(F)F)ccc2=O)ccn1. The van der Waals surface area contributed by atoms with Gasteiger partial charge in [0.2, 0.25) is 0 Å². The molecule has 4 rings (SSSR count). The standard InChI is InChI=1S/C18H16F3N5O/c1-11-8-14(6-7-22-11)26-15(23-17(24-26)12-2-3-12)10-25-9-13(18(19,20)21)4-5-16(25)27/h4-9,12H,2-3,10H2,1H3. The van der Waals surface area contributed by atoms with E-state index in [9.17, 15) is 18.0 Å². The van der Waals surface area contributed by atoms with E-state index in [0.717, 1.165) is 41.4 Å². The molecular formula is C18H16F3N5O. The monoisotopic (exact) mass is 375 g/mol. The van der Waals surface area contributed by atoms with Crippen LogP contribution in [0.15, 0.2) is 41.5 Å². The molecule has 0 N–H and O–H groups in total. The number of nitrogens with zero attached hydrogens (tertiary/aromatic N) is 5. The van der Waals surface area contributed by atoms with Crippen LogP contribution in [0.25, 0.3) is 5.69 Å². The van der Waals surface area contributed by atoms with E-state index in [1.165, 1.54) is 0 Å². The Labute approximate surface area is 152 Å². The van der Waals surface area contributed by atoms with Gasteiger partial charge in [-0.15, -0.1) is 0 Å². The lowest BCUT2D eigenvalue weighted by Gasteiger charge is -2.11. The summed E-state index contributed by atoms with van der Waals surface area (Å²) in [6.07, 6.45) is -0.103. The lowest BCUT2D eigenvalue weighted by Crippen LogP contribution is -2.23. The van der Waals surface area contributed by atoms with Crippen molar-refractivity contribution < 1.29 is 13.2 Å². The van der Waals surface area contributed by atoms with Gasteiger partial charge in [0.25, 0.3) is 5.56 Å². The maximum atomic E-state index is 13.0. The van der Waals surface area contributed by atoms with Crippen LogP contribution in [0.1, 0.15) is 41.7 Å². The Morgan fingerprint density at radius 2 is 2.00 bits per heavy atom. The van der Waals surface area contributed by atoms with Crippen LogP contribution in [0.3, 0.4) is 0 Å². The van der Waals surface area contributed by atoms with Crippen LogP contribution in [-0.2, 0) is 12.7 Å². The molecule has 140 valence electrons. The average molecular weight is 375 g/mol. The molecule has 0 aromatic carbocycles. The smallest absolute Gasteiger partial charge is 0.307 e. The number of alkyl halides is 3. The minimum absolute atomic E-state index is 0.107. The van der Waals surface area contributed by atoms with Crippen molar-refractivity contribution in [2.24, 2.45) is 0 Å². The van der Waals surface area contributed by atoms with Gasteiger partial charge in [-0.25, -0.2) is 9.67 Å². The molecular weight excluding hydrogens is 359 g/mol. The summed E-state index contributed by atoms with van der Waals surface area (Å²) in [5.74, 6) is 1.33. The summed E-state index contributed by atoms with van der Waals surface area (Å²) in [5.41, 5.74) is 0.0712. The fourth-order valence-corrected chi connectivity index (χ4v) is 2.82. The molecule has 0 aliphatic heterocycles. The Morgan fingerprint density at radius 3 is 2.67 bits per heavy atom. The highest BCUT2D eigenvalue weighted by Crippen LogP contribution is 2.38. The molecule has 1 aliphatic carbocycles. The van der Waals surface area contributed by atoms with E-state index in [-0.39, 0.29) is 12.5 Å². The fourth-order valence-electron chi connectivity index (χ4n) is 2.82. The van der Waals surface area contributed by atoms with Gasteiger partial charge in [-0.3, -0.25) is 9.78 Å². The third kappa shape index (κ3) is 3.62. The van der Waals surface area contributed by atoms with Crippen LogP contribution in [0.2, 0.25) is 0 Å². The second kappa shape index (κ2) is 6.33. The van der Waals surface area contributed by atoms with Gasteiger partial charge in [-0.2, -0.15) is 18.3 Å². The molecule has 0 atom stereocenters. The fraction of sp³-hybridized carbons (Fsp3) is 0.333. The van der Waals surface area contributed by atoms with E-state index in [1.54, 1.807) is 16.9 Å². The van der Waals surface area contributed by atoms with Crippen LogP contribution in [0.4, 0.5) is 13.2 Å². The zero-order valence-electron chi connectivity index (χ0n) is 14.4. The molecule has 27 heavy (non-hydrogen) atoms. The molecule has 3 aromatic heterocycles. The Bertz CT molecular complexity index is 1050. The summed E-state index contributed by atoms with van der Waals surface area (Å²) in [4.78, 5) is 20.7. The van der Waals surface area contributed by atoms with Crippen LogP contribution >= 0.6 is 0 Å². The van der Waals surface area contributed by atoms with Gasteiger partial charge in [0, 0.05) is 30.1 Å². The van der Waals surface area contributed by atoms with Crippen LogP contribution in [0, 0.1) is 6.92 Å². The summed E-state index contributed by atoms with van der Waals surface area (Å²) >= 11 is 0. The zero-order chi connectivity index (χ0) is 19.2. The van der Waals surface area contributed by atoms with Crippen LogP contribution in [-0.4, -0.2) is 24.3 Å². The highest BCUT2D eigenvalue weighted by atomic mass is 19.4. The number of hydrogen-bond acceptors (Lipinski definition) is 4. The van der Waals surface area contributed by atoms with Crippen molar-refractivity contribution in [1.82, 2.24) is 24.3 Å². The molecule has 0 radical (unpaired) electrons. The number of aryl methyl sites for hydroxylation is 1. The van der Waals surface area contributed by atoms with E-state index in [2.05, 4.69) is 15.1 Å². The first kappa shape index (κ1) is 17.4. The summed E-state index contributed by atoms with van der Waals surface area (Å²) < 4.78 is 41.6. The molecule has 3 aromatic rings. The van der Waals surface area contributed by atoms with Crippen molar-refractivity contribution in [3.8, 4) is 5.69 Å². The van der Waals surface area contributed by atoms with E-state index >= 15 is 0 Å². The largest absolute Gasteiger partial charge is 0.417 e. The highest BCUT2D eigenvalue weighted by molar-refractivity contribution is 5.32. The van der Waals surface area contributed by atoms with Gasteiger partial charge in [0.15, 0.2) is 11.6 Å². The van der Waals surface area contributed by atoms with Crippen LogP contribution < -0.4 is 5.56 Å². The average Bonchev–Trinajstić information content (AvgIpc) is 3.37. The molecule has 0 amide bonds. The quantitative estimate of drug-likeness (QED) is 0.703. The molecule has 9 heteroatoms. The Balaban J connectivity index is 1.77. The van der Waals surface area contributed by atoms with Crippen molar-refractivity contribution in [2.75, 3.05) is 0 Å². The van der Waals surface area contributed by atoms with E-state index in [1.807, 2.05) is 13.0 Å². The van der Waals surface area contributed by atoms with Crippen molar-refractivity contribution in [2.45, 2.75) is 38.4 Å². The number of aromatic nitrogens is 5. The maximum Gasteiger partial charge on any atom is 0.417 e. The second-order valence-electron chi connectivity index (χ2n) is 6.61. The van der Waals surface area contributed by atoms with Gasteiger partial charge in [0.1, 0.15) is 0 Å². The Kier molecular flexibility index (Phi) is 4.09. The number of halogens is 3. The van der Waals surface area contributed by atoms with Gasteiger partial charge >= 0.3 is 6.18 Å². The summed E-state index contributed by atoms with van der Waals surface area (Å²) in [5, 5.41) is 4.52. The van der Waals surface area contributed by atoms with E-state index in [0.29, 0.717) is 17.3 Å². The maximum absolute atomic E-state index is 13.0. The van der Waals surface area contributed by atoms with Crippen molar-refractivity contribution in [1.29, 1.82) is 0 Å². The van der Waals surface area contributed by atoms with Crippen molar-refractivity contribution in [3.05, 3.63) is 69.9 Å². The van der Waals surface area contributed by atoms with Gasteiger partial charge in [-0.05, 0) is 38.0 Å². The zero-order valence-corrected chi connectivity index (χ0v) is 14.4. The first-order valence-corrected chi connectivity index (χ1v) is 8.48. The van der Waals surface area contributed by atoms with E-state index in [4.69, 9.17) is 0 Å². The summed E-state index contributed by atoms with van der Waals surface area (Å²) in [6.45, 7) is 1.73. The summed E-state index contributed by atoms with van der Waals surface area (Å²) in [7, 11) is 0. The Morgan fingerprint density at radius 1 is 1.22 bits per heavy atom.